The average molecular weight is 460 g/mol. The van der Waals surface area contributed by atoms with Crippen LogP contribution in [0, 0.1) is 0 Å². The third-order valence-electron chi connectivity index (χ3n) is 4.74. The fraction of sp³-hybridized carbons (Fsp3) is 0.0400. The quantitative estimate of drug-likeness (QED) is 0.306. The second-order valence-electron chi connectivity index (χ2n) is 7.00. The Hall–Kier alpha value is -4.23. The number of para-hydroxylation sites is 2. The Morgan fingerprint density at radius 3 is 2.55 bits per heavy atom. The zero-order valence-corrected chi connectivity index (χ0v) is 18.0. The summed E-state index contributed by atoms with van der Waals surface area (Å²) in [6.07, 6.45) is 1.40. The van der Waals surface area contributed by atoms with Gasteiger partial charge in [0.2, 0.25) is 0 Å². The number of carbonyl (C=O) groups excluding carboxylic acids is 1. The lowest BCUT2D eigenvalue weighted by Gasteiger charge is -2.09. The minimum Gasteiger partial charge on any atom is -0.481 e. The molecule has 4 aromatic rings. The molecule has 0 fully saturated rings. The molecular formula is C25H18ClN3O4. The highest BCUT2D eigenvalue weighted by Gasteiger charge is 2.14. The van der Waals surface area contributed by atoms with E-state index in [9.17, 15) is 9.59 Å². The molecule has 1 heterocycles. The number of nitrogens with zero attached hydrogens (tertiary/aromatic N) is 2. The van der Waals surface area contributed by atoms with Crippen molar-refractivity contribution in [2.75, 3.05) is 6.61 Å². The lowest BCUT2D eigenvalue weighted by Crippen LogP contribution is -2.18. The number of ether oxygens (including phenoxy) is 1. The van der Waals surface area contributed by atoms with Gasteiger partial charge in [0.1, 0.15) is 5.75 Å². The van der Waals surface area contributed by atoms with Crippen LogP contribution in [0.25, 0.3) is 22.2 Å². The third-order valence-corrected chi connectivity index (χ3v) is 4.99. The minimum absolute atomic E-state index is 0.345. The molecule has 4 rings (SSSR count). The van der Waals surface area contributed by atoms with Crippen molar-refractivity contribution in [3.05, 3.63) is 95.0 Å². The number of amides is 1. The van der Waals surface area contributed by atoms with Gasteiger partial charge in [0.15, 0.2) is 6.61 Å². The highest BCUT2D eigenvalue weighted by Crippen LogP contribution is 2.26. The minimum atomic E-state index is -1.09. The summed E-state index contributed by atoms with van der Waals surface area (Å²) >= 11 is 5.99. The molecule has 0 radical (unpaired) electrons. The van der Waals surface area contributed by atoms with Crippen LogP contribution in [0.3, 0.4) is 0 Å². The number of hydrogen-bond acceptors (Lipinski definition) is 5. The number of rotatable bonds is 7. The first-order valence-electron chi connectivity index (χ1n) is 9.94. The third kappa shape index (κ3) is 5.34. The van der Waals surface area contributed by atoms with Gasteiger partial charge in [-0.1, -0.05) is 54.1 Å². The average Bonchev–Trinajstić information content (AvgIpc) is 2.83. The molecule has 0 aliphatic carbocycles. The molecule has 0 unspecified atom stereocenters. The number of hydrogen-bond donors (Lipinski definition) is 2. The van der Waals surface area contributed by atoms with Crippen molar-refractivity contribution in [3.8, 4) is 17.0 Å². The zero-order valence-electron chi connectivity index (χ0n) is 17.2. The molecule has 0 saturated carbocycles. The van der Waals surface area contributed by atoms with Crippen LogP contribution in [0.4, 0.5) is 0 Å². The maximum Gasteiger partial charge on any atom is 0.341 e. The molecule has 7 nitrogen and oxygen atoms in total. The van der Waals surface area contributed by atoms with Gasteiger partial charge in [0.05, 0.1) is 23.0 Å². The first kappa shape index (κ1) is 22.0. The smallest absolute Gasteiger partial charge is 0.341 e. The molecule has 0 bridgehead atoms. The number of aliphatic carboxylic acids is 1. The summed E-state index contributed by atoms with van der Waals surface area (Å²) in [4.78, 5) is 28.4. The number of aromatic nitrogens is 1. The lowest BCUT2D eigenvalue weighted by atomic mass is 10.0. The van der Waals surface area contributed by atoms with Crippen LogP contribution in [0.2, 0.25) is 5.02 Å². The van der Waals surface area contributed by atoms with E-state index in [0.717, 1.165) is 5.56 Å². The molecule has 33 heavy (non-hydrogen) atoms. The molecule has 3 aromatic carbocycles. The van der Waals surface area contributed by atoms with E-state index >= 15 is 0 Å². The van der Waals surface area contributed by atoms with E-state index in [0.29, 0.717) is 38.5 Å². The van der Waals surface area contributed by atoms with Crippen LogP contribution in [-0.2, 0) is 4.79 Å². The molecule has 1 amide bonds. The van der Waals surface area contributed by atoms with E-state index in [4.69, 9.17) is 21.4 Å². The number of carbonyl (C=O) groups is 2. The van der Waals surface area contributed by atoms with E-state index in [1.807, 2.05) is 36.4 Å². The summed E-state index contributed by atoms with van der Waals surface area (Å²) in [5.74, 6) is -1.16. The van der Waals surface area contributed by atoms with Crippen LogP contribution in [0.1, 0.15) is 15.9 Å². The van der Waals surface area contributed by atoms with Crippen molar-refractivity contribution in [2.45, 2.75) is 0 Å². The van der Waals surface area contributed by atoms with Gasteiger partial charge in [0, 0.05) is 21.5 Å². The summed E-state index contributed by atoms with van der Waals surface area (Å²) in [7, 11) is 0. The van der Waals surface area contributed by atoms with E-state index in [1.54, 1.807) is 42.5 Å². The highest BCUT2D eigenvalue weighted by molar-refractivity contribution is 6.30. The first-order chi connectivity index (χ1) is 16.0. The lowest BCUT2D eigenvalue weighted by molar-refractivity contribution is -0.139. The van der Waals surface area contributed by atoms with Gasteiger partial charge in [-0.15, -0.1) is 0 Å². The van der Waals surface area contributed by atoms with E-state index < -0.39 is 18.5 Å². The normalized spacial score (nSPS) is 10.9. The van der Waals surface area contributed by atoms with Crippen molar-refractivity contribution in [1.29, 1.82) is 0 Å². The Morgan fingerprint density at radius 1 is 1.03 bits per heavy atom. The predicted molar refractivity (Wildman–Crippen MR) is 127 cm³/mol. The Bertz CT molecular complexity index is 1350. The first-order valence-corrected chi connectivity index (χ1v) is 10.3. The summed E-state index contributed by atoms with van der Waals surface area (Å²) in [6.45, 7) is -0.478. The van der Waals surface area contributed by atoms with Crippen LogP contribution in [-0.4, -0.2) is 34.8 Å². The number of pyridine rings is 1. The van der Waals surface area contributed by atoms with Gasteiger partial charge in [-0.2, -0.15) is 5.10 Å². The summed E-state index contributed by atoms with van der Waals surface area (Å²) in [6, 6.07) is 23.1. The Balaban J connectivity index is 1.61. The van der Waals surface area contributed by atoms with Crippen LogP contribution in [0.5, 0.6) is 5.75 Å². The number of carboxylic acids is 1. The molecule has 8 heteroatoms. The van der Waals surface area contributed by atoms with Gasteiger partial charge in [-0.3, -0.25) is 4.79 Å². The standard InChI is InChI=1S/C25H18ClN3O4/c26-18-11-9-16(10-12-18)22-13-20(19-6-2-3-7-21(19)28-22)25(32)29-27-14-17-5-1-4-8-23(17)33-15-24(30)31/h1-14H,15H2,(H,29,32)(H,30,31). The number of halogens is 1. The van der Waals surface area contributed by atoms with Crippen LogP contribution in [0.15, 0.2) is 84.0 Å². The van der Waals surface area contributed by atoms with Crippen LogP contribution >= 0.6 is 11.6 Å². The van der Waals surface area contributed by atoms with Crippen molar-refractivity contribution in [3.63, 3.8) is 0 Å². The molecule has 1 aromatic heterocycles. The number of carboxylic acid groups (broad SMARTS) is 1. The van der Waals surface area contributed by atoms with Gasteiger partial charge in [-0.05, 0) is 36.4 Å². The number of fused-ring (bicyclic) bond motifs is 1. The molecule has 0 saturated heterocycles. The molecule has 164 valence electrons. The Kier molecular flexibility index (Phi) is 6.61. The molecule has 0 aliphatic rings. The maximum atomic E-state index is 13.0. The largest absolute Gasteiger partial charge is 0.481 e. The van der Waals surface area contributed by atoms with Crippen molar-refractivity contribution in [1.82, 2.24) is 10.4 Å². The van der Waals surface area contributed by atoms with E-state index in [1.165, 1.54) is 6.21 Å². The predicted octanol–water partition coefficient (Wildman–Crippen LogP) is 4.78. The van der Waals surface area contributed by atoms with Gasteiger partial charge in [-0.25, -0.2) is 15.2 Å². The topological polar surface area (TPSA) is 101 Å². The van der Waals surface area contributed by atoms with Gasteiger partial charge in [0.25, 0.3) is 5.91 Å². The fourth-order valence-electron chi connectivity index (χ4n) is 3.21. The molecule has 0 spiro atoms. The highest BCUT2D eigenvalue weighted by atomic mass is 35.5. The maximum absolute atomic E-state index is 13.0. The molecule has 2 N–H and O–H groups in total. The Morgan fingerprint density at radius 2 is 1.76 bits per heavy atom. The van der Waals surface area contributed by atoms with Crippen molar-refractivity contribution >= 4 is 40.6 Å². The number of benzene rings is 3. The summed E-state index contributed by atoms with van der Waals surface area (Å²) in [5, 5.41) is 14.2. The second-order valence-corrected chi connectivity index (χ2v) is 7.43. The van der Waals surface area contributed by atoms with Gasteiger partial charge < -0.3 is 9.84 Å². The van der Waals surface area contributed by atoms with E-state index in [2.05, 4.69) is 15.5 Å². The van der Waals surface area contributed by atoms with E-state index in [-0.39, 0.29) is 0 Å². The summed E-state index contributed by atoms with van der Waals surface area (Å²) < 4.78 is 5.25. The Labute approximate surface area is 194 Å². The van der Waals surface area contributed by atoms with Crippen molar-refractivity contribution < 1.29 is 19.4 Å². The second kappa shape index (κ2) is 9.93. The fourth-order valence-corrected chi connectivity index (χ4v) is 3.34. The van der Waals surface area contributed by atoms with Crippen molar-refractivity contribution in [2.24, 2.45) is 5.10 Å². The van der Waals surface area contributed by atoms with Crippen LogP contribution < -0.4 is 10.2 Å². The summed E-state index contributed by atoms with van der Waals surface area (Å²) in [5.41, 5.74) is 5.60. The molecular weight excluding hydrogens is 442 g/mol. The zero-order chi connectivity index (χ0) is 23.2. The molecule has 0 atom stereocenters. The van der Waals surface area contributed by atoms with Gasteiger partial charge >= 0.3 is 5.97 Å². The number of nitrogens with one attached hydrogen (secondary N) is 1. The molecule has 0 aliphatic heterocycles. The number of hydrazone groups is 1. The monoisotopic (exact) mass is 459 g/mol. The SMILES string of the molecule is O=C(O)COc1ccccc1C=NNC(=O)c1cc(-c2ccc(Cl)cc2)nc2ccccc12.